The summed E-state index contributed by atoms with van der Waals surface area (Å²) in [7, 11) is -4.35. The molecule has 1 rings (SSSR count). The predicted octanol–water partition coefficient (Wildman–Crippen LogP) is 3.81. The van der Waals surface area contributed by atoms with Crippen LogP contribution in [-0.2, 0) is 19.6 Å². The first-order valence-electron chi connectivity index (χ1n) is 13.7. The largest absolute Gasteiger partial charge is 1.00 e. The maximum absolute atomic E-state index is 12.4. The zero-order valence-electron chi connectivity index (χ0n) is 23.0. The fourth-order valence-electron chi connectivity index (χ4n) is 4.03. The Balaban J connectivity index is 0.0000130. The monoisotopic (exact) mass is 548 g/mol. The molecule has 0 atom stereocenters. The van der Waals surface area contributed by atoms with Crippen molar-refractivity contribution in [3.63, 3.8) is 0 Å². The van der Waals surface area contributed by atoms with Crippen LogP contribution in [0.1, 0.15) is 130 Å². The smallest absolute Gasteiger partial charge is 0.748 e. The standard InChI is InChI=1S/C28H46O7S.Na/c1-2-3-4-5-6-7-8-9-10-11-12-13-14-15-18-22-34-27(29)25-20-16-17-21-26(25)28(30)35-23-19-24-36(31,32)33;/h16-17,20-21H,2-15,18-19,22-24H2,1H3,(H,31,32,33);/q;+1/p-1. The second-order valence-electron chi connectivity index (χ2n) is 9.38. The Labute approximate surface area is 246 Å². The maximum atomic E-state index is 12.4. The number of esters is 2. The summed E-state index contributed by atoms with van der Waals surface area (Å²) in [5.41, 5.74) is 0.170. The van der Waals surface area contributed by atoms with Gasteiger partial charge in [-0.2, -0.15) is 0 Å². The van der Waals surface area contributed by atoms with Crippen LogP contribution in [0.2, 0.25) is 0 Å². The predicted molar refractivity (Wildman–Crippen MR) is 141 cm³/mol. The first-order valence-corrected chi connectivity index (χ1v) is 15.3. The van der Waals surface area contributed by atoms with E-state index in [1.807, 2.05) is 0 Å². The van der Waals surface area contributed by atoms with Gasteiger partial charge in [0.2, 0.25) is 0 Å². The van der Waals surface area contributed by atoms with Crippen LogP contribution in [0.15, 0.2) is 24.3 Å². The number of hydrogen-bond acceptors (Lipinski definition) is 7. The van der Waals surface area contributed by atoms with Crippen LogP contribution >= 0.6 is 0 Å². The van der Waals surface area contributed by atoms with Crippen molar-refractivity contribution in [2.45, 2.75) is 110 Å². The van der Waals surface area contributed by atoms with Crippen LogP contribution in [0.25, 0.3) is 0 Å². The first-order chi connectivity index (χ1) is 17.3. The number of carbonyl (C=O) groups excluding carboxylic acids is 2. The average molecular weight is 549 g/mol. The van der Waals surface area contributed by atoms with Gasteiger partial charge in [-0.3, -0.25) is 0 Å². The third kappa shape index (κ3) is 19.7. The summed E-state index contributed by atoms with van der Waals surface area (Å²) in [5.74, 6) is -1.95. The summed E-state index contributed by atoms with van der Waals surface area (Å²) in [4.78, 5) is 24.7. The minimum absolute atomic E-state index is 0. The van der Waals surface area contributed by atoms with Crippen molar-refractivity contribution >= 4 is 22.1 Å². The van der Waals surface area contributed by atoms with E-state index in [2.05, 4.69) is 6.92 Å². The third-order valence-corrected chi connectivity index (χ3v) is 6.91. The quantitative estimate of drug-likeness (QED) is 0.0938. The molecule has 0 aliphatic heterocycles. The molecule has 0 amide bonds. The molecule has 1 aromatic rings. The van der Waals surface area contributed by atoms with Gasteiger partial charge in [-0.25, -0.2) is 18.0 Å². The van der Waals surface area contributed by atoms with Crippen LogP contribution in [-0.4, -0.2) is 43.9 Å². The third-order valence-electron chi connectivity index (χ3n) is 6.12. The zero-order valence-corrected chi connectivity index (χ0v) is 25.8. The summed E-state index contributed by atoms with van der Waals surface area (Å²) in [5, 5.41) is 0. The molecule has 0 saturated carbocycles. The number of benzene rings is 1. The molecule has 7 nitrogen and oxygen atoms in total. The molecule has 9 heteroatoms. The van der Waals surface area contributed by atoms with Crippen molar-refractivity contribution in [1.29, 1.82) is 0 Å². The van der Waals surface area contributed by atoms with Gasteiger partial charge in [-0.1, -0.05) is 109 Å². The minimum atomic E-state index is -4.35. The molecule has 0 aliphatic rings. The Hall–Kier alpha value is -0.930. The van der Waals surface area contributed by atoms with Crippen LogP contribution < -0.4 is 29.6 Å². The SMILES string of the molecule is CCCCCCCCCCCCCCCCCOC(=O)c1ccccc1C(=O)OCCCS(=O)(=O)[O-].[Na+]. The van der Waals surface area contributed by atoms with Gasteiger partial charge < -0.3 is 14.0 Å². The molecule has 0 radical (unpaired) electrons. The fraction of sp³-hybridized carbons (Fsp3) is 0.714. The van der Waals surface area contributed by atoms with Crippen molar-refractivity contribution in [1.82, 2.24) is 0 Å². The molecular weight excluding hydrogens is 503 g/mol. The van der Waals surface area contributed by atoms with Crippen molar-refractivity contribution in [2.75, 3.05) is 19.0 Å². The summed E-state index contributed by atoms with van der Waals surface area (Å²) in [6, 6.07) is 6.18. The van der Waals surface area contributed by atoms with Gasteiger partial charge in [0.1, 0.15) is 0 Å². The number of hydrogen-bond donors (Lipinski definition) is 0. The Kier molecular flexibility index (Phi) is 22.4. The van der Waals surface area contributed by atoms with Crippen LogP contribution in [0.5, 0.6) is 0 Å². The van der Waals surface area contributed by atoms with E-state index in [1.54, 1.807) is 12.1 Å². The topological polar surface area (TPSA) is 110 Å². The molecule has 206 valence electrons. The van der Waals surface area contributed by atoms with Gasteiger partial charge in [0.05, 0.1) is 34.5 Å². The minimum Gasteiger partial charge on any atom is -0.748 e. The van der Waals surface area contributed by atoms with Crippen LogP contribution in [0.4, 0.5) is 0 Å². The summed E-state index contributed by atoms with van der Waals surface area (Å²) < 4.78 is 42.2. The zero-order chi connectivity index (χ0) is 26.5. The van der Waals surface area contributed by atoms with E-state index in [-0.39, 0.29) is 53.7 Å². The second-order valence-corrected chi connectivity index (χ2v) is 10.9. The average Bonchev–Trinajstić information content (AvgIpc) is 2.85. The normalized spacial score (nSPS) is 11.1. The Morgan fingerprint density at radius 1 is 0.649 bits per heavy atom. The molecule has 0 bridgehead atoms. The van der Waals surface area contributed by atoms with Gasteiger partial charge in [0, 0.05) is 5.75 Å². The van der Waals surface area contributed by atoms with Gasteiger partial charge in [-0.15, -0.1) is 0 Å². The number of unbranched alkanes of at least 4 members (excludes halogenated alkanes) is 14. The molecule has 0 aromatic heterocycles. The summed E-state index contributed by atoms with van der Waals surface area (Å²) in [6.45, 7) is 2.33. The molecule has 0 fully saturated rings. The molecule has 37 heavy (non-hydrogen) atoms. The molecule has 0 spiro atoms. The van der Waals surface area contributed by atoms with Crippen molar-refractivity contribution in [3.8, 4) is 0 Å². The van der Waals surface area contributed by atoms with Crippen molar-refractivity contribution < 1.29 is 61.6 Å². The van der Waals surface area contributed by atoms with Gasteiger partial charge in [0.15, 0.2) is 0 Å². The van der Waals surface area contributed by atoms with Crippen molar-refractivity contribution in [2.24, 2.45) is 0 Å². The first kappa shape index (κ1) is 36.1. The number of ether oxygens (including phenoxy) is 2. The molecule has 0 saturated heterocycles. The van der Waals surface area contributed by atoms with E-state index < -0.39 is 27.8 Å². The Bertz CT molecular complexity index is 843. The van der Waals surface area contributed by atoms with E-state index in [1.165, 1.54) is 89.2 Å². The Morgan fingerprint density at radius 3 is 1.38 bits per heavy atom. The van der Waals surface area contributed by atoms with Crippen molar-refractivity contribution in [3.05, 3.63) is 35.4 Å². The maximum Gasteiger partial charge on any atom is 1.00 e. The van der Waals surface area contributed by atoms with Gasteiger partial charge in [-0.05, 0) is 25.0 Å². The molecule has 0 aliphatic carbocycles. The fourth-order valence-corrected chi connectivity index (χ4v) is 4.50. The molecule has 1 aromatic carbocycles. The number of carbonyl (C=O) groups is 2. The number of rotatable bonds is 22. The van der Waals surface area contributed by atoms with E-state index in [0.29, 0.717) is 6.61 Å². The van der Waals surface area contributed by atoms with E-state index in [0.717, 1.165) is 19.3 Å². The summed E-state index contributed by atoms with van der Waals surface area (Å²) >= 11 is 0. The van der Waals surface area contributed by atoms with E-state index in [4.69, 9.17) is 9.47 Å². The summed E-state index contributed by atoms with van der Waals surface area (Å²) in [6.07, 6.45) is 18.8. The van der Waals surface area contributed by atoms with E-state index in [9.17, 15) is 22.6 Å². The molecule has 0 heterocycles. The van der Waals surface area contributed by atoms with Gasteiger partial charge >= 0.3 is 41.5 Å². The molecule has 0 N–H and O–H groups in total. The molecular formula is C28H45NaO7S. The van der Waals surface area contributed by atoms with Crippen LogP contribution in [0, 0.1) is 0 Å². The van der Waals surface area contributed by atoms with Crippen LogP contribution in [0.3, 0.4) is 0 Å². The van der Waals surface area contributed by atoms with E-state index >= 15 is 0 Å². The van der Waals surface area contributed by atoms with Gasteiger partial charge in [0.25, 0.3) is 0 Å². The second kappa shape index (κ2) is 23.0. The Morgan fingerprint density at radius 2 is 1.00 bits per heavy atom. The molecule has 0 unspecified atom stereocenters.